The fourth-order valence-corrected chi connectivity index (χ4v) is 4.37. The monoisotopic (exact) mass is 322 g/mol. The van der Waals surface area contributed by atoms with Crippen LogP contribution in [0.15, 0.2) is 21.3 Å². The largest absolute Gasteiger partial charge is 0.372 e. The number of aliphatic imine (C=N–C) groups is 1. The van der Waals surface area contributed by atoms with Gasteiger partial charge >= 0.3 is 0 Å². The number of hydrogen-bond acceptors (Lipinski definition) is 5. The number of carbonyl (C=O) groups is 1. The van der Waals surface area contributed by atoms with Gasteiger partial charge in [0.1, 0.15) is 0 Å². The second kappa shape index (κ2) is 5.94. The standard InChI is InChI=1S/C15H18N2O2S2/c1-9-4-5-20-12(9)6-13-14(18)16-15(21-13)17-7-10(2)19-11(3)8-17/h4-6,10-11H,7-8H2,1-3H3/b13-6+/t10-,11+. The van der Waals surface area contributed by atoms with E-state index in [4.69, 9.17) is 4.74 Å². The lowest BCUT2D eigenvalue weighted by atomic mass is 10.2. The number of morpholine rings is 1. The number of aryl methyl sites for hydroxylation is 1. The maximum absolute atomic E-state index is 12.1. The third kappa shape index (κ3) is 3.22. The molecule has 0 bridgehead atoms. The molecule has 1 saturated heterocycles. The highest BCUT2D eigenvalue weighted by atomic mass is 32.2. The van der Waals surface area contributed by atoms with Crippen LogP contribution in [0, 0.1) is 6.92 Å². The molecule has 0 radical (unpaired) electrons. The average molecular weight is 322 g/mol. The summed E-state index contributed by atoms with van der Waals surface area (Å²) in [6.45, 7) is 7.73. The van der Waals surface area contributed by atoms with Crippen LogP contribution in [0.5, 0.6) is 0 Å². The number of amides is 1. The molecule has 6 heteroatoms. The molecule has 3 heterocycles. The van der Waals surface area contributed by atoms with Gasteiger partial charge in [-0.05, 0) is 55.6 Å². The van der Waals surface area contributed by atoms with Crippen LogP contribution >= 0.6 is 23.1 Å². The van der Waals surface area contributed by atoms with Gasteiger partial charge in [0.25, 0.3) is 5.91 Å². The smallest absolute Gasteiger partial charge is 0.286 e. The Morgan fingerprint density at radius 3 is 2.71 bits per heavy atom. The van der Waals surface area contributed by atoms with Gasteiger partial charge in [-0.15, -0.1) is 11.3 Å². The molecule has 2 atom stereocenters. The summed E-state index contributed by atoms with van der Waals surface area (Å²) >= 11 is 3.12. The van der Waals surface area contributed by atoms with Crippen molar-refractivity contribution in [1.82, 2.24) is 4.90 Å². The Bertz CT molecular complexity index is 611. The van der Waals surface area contributed by atoms with Gasteiger partial charge in [-0.1, -0.05) is 0 Å². The summed E-state index contributed by atoms with van der Waals surface area (Å²) < 4.78 is 5.73. The summed E-state index contributed by atoms with van der Waals surface area (Å²) in [5, 5.41) is 2.85. The van der Waals surface area contributed by atoms with Crippen molar-refractivity contribution in [3.05, 3.63) is 26.8 Å². The zero-order valence-corrected chi connectivity index (χ0v) is 14.0. The summed E-state index contributed by atoms with van der Waals surface area (Å²) in [6.07, 6.45) is 2.29. The molecule has 0 aliphatic carbocycles. The highest BCUT2D eigenvalue weighted by molar-refractivity contribution is 8.18. The predicted octanol–water partition coefficient (Wildman–Crippen LogP) is 3.14. The van der Waals surface area contributed by atoms with Crippen LogP contribution in [-0.4, -0.2) is 41.3 Å². The van der Waals surface area contributed by atoms with Crippen molar-refractivity contribution in [2.24, 2.45) is 4.99 Å². The number of hydrogen-bond donors (Lipinski definition) is 0. The second-order valence-corrected chi connectivity index (χ2v) is 7.40. The van der Waals surface area contributed by atoms with Crippen molar-refractivity contribution in [1.29, 1.82) is 0 Å². The summed E-state index contributed by atoms with van der Waals surface area (Å²) in [7, 11) is 0. The topological polar surface area (TPSA) is 41.9 Å². The molecular weight excluding hydrogens is 304 g/mol. The van der Waals surface area contributed by atoms with Crippen LogP contribution in [0.3, 0.4) is 0 Å². The number of rotatable bonds is 1. The lowest BCUT2D eigenvalue weighted by Crippen LogP contribution is -2.47. The molecule has 1 aromatic rings. The Balaban J connectivity index is 1.76. The third-order valence-corrected chi connectivity index (χ3v) is 5.47. The fraction of sp³-hybridized carbons (Fsp3) is 0.467. The number of thioether (sulfide) groups is 1. The Hall–Kier alpha value is -1.11. The van der Waals surface area contributed by atoms with Crippen LogP contribution in [0.1, 0.15) is 24.3 Å². The van der Waals surface area contributed by atoms with Gasteiger partial charge in [0.15, 0.2) is 5.17 Å². The van der Waals surface area contributed by atoms with E-state index in [1.165, 1.54) is 17.3 Å². The van der Waals surface area contributed by atoms with E-state index < -0.39 is 0 Å². The molecular formula is C15H18N2O2S2. The molecule has 0 spiro atoms. The van der Waals surface area contributed by atoms with Crippen molar-refractivity contribution in [3.63, 3.8) is 0 Å². The highest BCUT2D eigenvalue weighted by Gasteiger charge is 2.31. The summed E-state index contributed by atoms with van der Waals surface area (Å²) in [4.78, 5) is 20.3. The van der Waals surface area contributed by atoms with Gasteiger partial charge in [0.05, 0.1) is 17.1 Å². The van der Waals surface area contributed by atoms with Crippen LogP contribution in [0.2, 0.25) is 0 Å². The van der Waals surface area contributed by atoms with Crippen molar-refractivity contribution < 1.29 is 9.53 Å². The van der Waals surface area contributed by atoms with Gasteiger partial charge in [-0.3, -0.25) is 4.79 Å². The average Bonchev–Trinajstić information content (AvgIpc) is 2.97. The maximum Gasteiger partial charge on any atom is 0.286 e. The summed E-state index contributed by atoms with van der Waals surface area (Å²) in [5.74, 6) is -0.130. The second-order valence-electron chi connectivity index (χ2n) is 5.44. The molecule has 112 valence electrons. The van der Waals surface area contributed by atoms with Crippen molar-refractivity contribution >= 4 is 40.2 Å². The normalized spacial score (nSPS) is 28.3. The van der Waals surface area contributed by atoms with Crippen molar-refractivity contribution in [2.75, 3.05) is 13.1 Å². The van der Waals surface area contributed by atoms with Crippen LogP contribution < -0.4 is 0 Å². The van der Waals surface area contributed by atoms with Gasteiger partial charge in [-0.25, -0.2) is 0 Å². The first kappa shape index (κ1) is 14.8. The molecule has 4 nitrogen and oxygen atoms in total. The molecule has 0 N–H and O–H groups in total. The van der Waals surface area contributed by atoms with E-state index in [-0.39, 0.29) is 18.1 Å². The van der Waals surface area contributed by atoms with Crippen LogP contribution in [0.25, 0.3) is 6.08 Å². The molecule has 1 fully saturated rings. The summed E-state index contributed by atoms with van der Waals surface area (Å²) in [6, 6.07) is 2.06. The van der Waals surface area contributed by atoms with E-state index in [2.05, 4.69) is 36.7 Å². The molecule has 2 aliphatic heterocycles. The molecule has 2 aliphatic rings. The first-order chi connectivity index (χ1) is 10.0. The van der Waals surface area contributed by atoms with E-state index in [0.717, 1.165) is 23.1 Å². The Morgan fingerprint density at radius 2 is 2.10 bits per heavy atom. The van der Waals surface area contributed by atoms with E-state index in [1.807, 2.05) is 11.5 Å². The first-order valence-electron chi connectivity index (χ1n) is 7.00. The van der Waals surface area contributed by atoms with Gasteiger partial charge in [0, 0.05) is 18.0 Å². The molecule has 1 amide bonds. The highest BCUT2D eigenvalue weighted by Crippen LogP contribution is 2.33. The van der Waals surface area contributed by atoms with Crippen LogP contribution in [-0.2, 0) is 9.53 Å². The Kier molecular flexibility index (Phi) is 4.19. The van der Waals surface area contributed by atoms with Crippen molar-refractivity contribution in [3.8, 4) is 0 Å². The number of nitrogens with zero attached hydrogens (tertiary/aromatic N) is 2. The van der Waals surface area contributed by atoms with Crippen molar-refractivity contribution in [2.45, 2.75) is 33.0 Å². The van der Waals surface area contributed by atoms with Crippen LogP contribution in [0.4, 0.5) is 0 Å². The first-order valence-corrected chi connectivity index (χ1v) is 8.69. The Morgan fingerprint density at radius 1 is 1.38 bits per heavy atom. The van der Waals surface area contributed by atoms with Gasteiger partial charge < -0.3 is 9.64 Å². The minimum Gasteiger partial charge on any atom is -0.372 e. The van der Waals surface area contributed by atoms with Gasteiger partial charge in [-0.2, -0.15) is 4.99 Å². The third-order valence-electron chi connectivity index (χ3n) is 3.46. The molecule has 0 unspecified atom stereocenters. The fourth-order valence-electron chi connectivity index (χ4n) is 2.52. The number of amidine groups is 1. The number of thiophene rings is 1. The lowest BCUT2D eigenvalue weighted by molar-refractivity contribution is -0.113. The lowest BCUT2D eigenvalue weighted by Gasteiger charge is -2.35. The zero-order valence-electron chi connectivity index (χ0n) is 12.3. The molecule has 0 aromatic carbocycles. The Labute approximate surface area is 132 Å². The van der Waals surface area contributed by atoms with E-state index in [0.29, 0.717) is 4.91 Å². The minimum atomic E-state index is -0.130. The van der Waals surface area contributed by atoms with Gasteiger partial charge in [0.2, 0.25) is 0 Å². The van der Waals surface area contributed by atoms with E-state index in [9.17, 15) is 4.79 Å². The predicted molar refractivity (Wildman–Crippen MR) is 88.6 cm³/mol. The number of carbonyl (C=O) groups excluding carboxylic acids is 1. The quantitative estimate of drug-likeness (QED) is 0.745. The number of ether oxygens (including phenoxy) is 1. The summed E-state index contributed by atoms with van der Waals surface area (Å²) in [5.41, 5.74) is 1.20. The van der Waals surface area contributed by atoms with E-state index in [1.54, 1.807) is 11.3 Å². The SMILES string of the molecule is Cc1ccsc1/C=C1/SC(N2C[C@@H](C)O[C@@H](C)C2)=NC1=O. The molecule has 1 aromatic heterocycles. The zero-order chi connectivity index (χ0) is 15.0. The molecule has 0 saturated carbocycles. The van der Waals surface area contributed by atoms with E-state index >= 15 is 0 Å². The minimum absolute atomic E-state index is 0.130. The molecule has 3 rings (SSSR count). The molecule has 21 heavy (non-hydrogen) atoms. The maximum atomic E-state index is 12.1.